The van der Waals surface area contributed by atoms with Gasteiger partial charge in [-0.15, -0.1) is 0 Å². The summed E-state index contributed by atoms with van der Waals surface area (Å²) in [5.41, 5.74) is -0.263. The molecule has 1 heterocycles. The minimum atomic E-state index is -2.26. The monoisotopic (exact) mass is 487 g/mol. The fourth-order valence-corrected chi connectivity index (χ4v) is 4.74. The van der Waals surface area contributed by atoms with Gasteiger partial charge in [-0.2, -0.15) is 4.99 Å². The zero-order valence-corrected chi connectivity index (χ0v) is 23.3. The normalized spacial score (nSPS) is 20.3. The number of ether oxygens (including phenoxy) is 2. The quantitative estimate of drug-likeness (QED) is 0.125. The van der Waals surface area contributed by atoms with Crippen molar-refractivity contribution in [1.82, 2.24) is 0 Å². The third-order valence-corrected chi connectivity index (χ3v) is 11.5. The van der Waals surface area contributed by atoms with Gasteiger partial charge in [0.2, 0.25) is 14.2 Å². The van der Waals surface area contributed by atoms with Crippen molar-refractivity contribution < 1.29 is 23.5 Å². The lowest BCUT2D eigenvalue weighted by Crippen LogP contribution is -2.45. The molecular weight excluding hydrogens is 446 g/mol. The lowest BCUT2D eigenvalue weighted by Gasteiger charge is -2.39. The van der Waals surface area contributed by atoms with Crippen LogP contribution in [0.2, 0.25) is 18.1 Å². The molecule has 6 nitrogen and oxygen atoms in total. The third kappa shape index (κ3) is 5.98. The third-order valence-electron chi connectivity index (χ3n) is 7.11. The molecule has 0 aliphatic carbocycles. The smallest absolute Gasteiger partial charge is 0.337 e. The summed E-state index contributed by atoms with van der Waals surface area (Å²) in [7, 11) is -0.905. The molecule has 0 aromatic heterocycles. The van der Waals surface area contributed by atoms with Gasteiger partial charge in [0.05, 0.1) is 18.4 Å². The number of hydrogen-bond donors (Lipinski definition) is 0. The van der Waals surface area contributed by atoms with Gasteiger partial charge in [-0.3, -0.25) is 4.79 Å². The number of benzene rings is 1. The maximum Gasteiger partial charge on any atom is 0.337 e. The van der Waals surface area contributed by atoms with E-state index in [0.29, 0.717) is 17.8 Å². The second-order valence-electron chi connectivity index (χ2n) is 10.7. The average molecular weight is 488 g/mol. The van der Waals surface area contributed by atoms with Gasteiger partial charge in [0, 0.05) is 17.9 Å². The summed E-state index contributed by atoms with van der Waals surface area (Å²) >= 11 is 0. The fourth-order valence-electron chi connectivity index (χ4n) is 3.60. The van der Waals surface area contributed by atoms with Crippen LogP contribution >= 0.6 is 0 Å². The minimum absolute atomic E-state index is 0.0549. The lowest BCUT2D eigenvalue weighted by atomic mass is 9.82. The van der Waals surface area contributed by atoms with Crippen molar-refractivity contribution in [3.63, 3.8) is 0 Å². The van der Waals surface area contributed by atoms with Crippen molar-refractivity contribution in [3.05, 3.63) is 47.2 Å². The van der Waals surface area contributed by atoms with Gasteiger partial charge in [0.1, 0.15) is 0 Å². The van der Waals surface area contributed by atoms with Crippen LogP contribution in [0.3, 0.4) is 0 Å². The Balaban J connectivity index is 2.54. The van der Waals surface area contributed by atoms with E-state index in [4.69, 9.17) is 13.9 Å². The molecule has 2 rings (SSSR count). The summed E-state index contributed by atoms with van der Waals surface area (Å²) in [6.07, 6.45) is 3.54. The van der Waals surface area contributed by atoms with Gasteiger partial charge in [-0.25, -0.2) is 4.79 Å². The Morgan fingerprint density at radius 3 is 2.32 bits per heavy atom. The van der Waals surface area contributed by atoms with Crippen LogP contribution in [0.4, 0.5) is 0 Å². The predicted molar refractivity (Wildman–Crippen MR) is 138 cm³/mol. The lowest BCUT2D eigenvalue weighted by molar-refractivity contribution is -0.139. The van der Waals surface area contributed by atoms with Crippen LogP contribution in [0, 0.1) is 5.92 Å². The van der Waals surface area contributed by atoms with Crippen LogP contribution in [-0.2, 0) is 23.5 Å². The van der Waals surface area contributed by atoms with Gasteiger partial charge in [-0.05, 0) is 43.6 Å². The van der Waals surface area contributed by atoms with Crippen LogP contribution in [0.15, 0.2) is 46.7 Å². The highest BCUT2D eigenvalue weighted by atomic mass is 28.4. The van der Waals surface area contributed by atoms with Gasteiger partial charge < -0.3 is 13.9 Å². The average Bonchev–Trinajstić information content (AvgIpc) is 3.09. The summed E-state index contributed by atoms with van der Waals surface area (Å²) in [5, 5.41) is -0.0549. The van der Waals surface area contributed by atoms with Gasteiger partial charge >= 0.3 is 5.97 Å². The summed E-state index contributed by atoms with van der Waals surface area (Å²) in [5.74, 6) is -0.657. The standard InChI is InChI=1S/C27H41NO5Si/c1-10-11-13-18-21(33-34(8,9)26(3,4)5)22(24(29)31-7)19(2)27(6)25(30)28-23(32-27)20-16-14-12-15-17-20/h12,14-17,19H,10-11,13,18H2,1-9H3/b22-21+/t19-,27+/m0/s1. The molecule has 0 fully saturated rings. The van der Waals surface area contributed by atoms with E-state index in [2.05, 4.69) is 45.8 Å². The molecule has 0 radical (unpaired) electrons. The number of aliphatic imine (C=N–C) groups is 1. The van der Waals surface area contributed by atoms with Crippen LogP contribution in [-0.4, -0.2) is 38.8 Å². The Labute approximate surface area is 205 Å². The van der Waals surface area contributed by atoms with E-state index in [-0.39, 0.29) is 10.9 Å². The maximum absolute atomic E-state index is 13.2. The van der Waals surface area contributed by atoms with Crippen molar-refractivity contribution in [3.8, 4) is 0 Å². The molecule has 0 saturated heterocycles. The Hall–Kier alpha value is -2.41. The number of allylic oxidation sites excluding steroid dienone is 1. The molecule has 1 aromatic rings. The van der Waals surface area contributed by atoms with E-state index in [1.54, 1.807) is 6.92 Å². The van der Waals surface area contributed by atoms with Crippen molar-refractivity contribution in [2.75, 3.05) is 7.11 Å². The Bertz CT molecular complexity index is 946. The fraction of sp³-hybridized carbons (Fsp3) is 0.593. The second-order valence-corrected chi connectivity index (χ2v) is 15.4. The van der Waals surface area contributed by atoms with E-state index in [0.717, 1.165) is 24.8 Å². The second kappa shape index (κ2) is 10.9. The molecule has 1 aliphatic heterocycles. The van der Waals surface area contributed by atoms with Crippen molar-refractivity contribution in [2.45, 2.75) is 91.0 Å². The molecule has 1 aromatic carbocycles. The zero-order valence-electron chi connectivity index (χ0n) is 22.3. The number of nitrogens with zero attached hydrogens (tertiary/aromatic N) is 1. The van der Waals surface area contributed by atoms with Crippen molar-refractivity contribution in [1.29, 1.82) is 0 Å². The van der Waals surface area contributed by atoms with E-state index < -0.39 is 31.7 Å². The van der Waals surface area contributed by atoms with Gasteiger partial charge in [-0.1, -0.05) is 65.7 Å². The highest BCUT2D eigenvalue weighted by Gasteiger charge is 2.51. The molecule has 2 atom stereocenters. The van der Waals surface area contributed by atoms with E-state index >= 15 is 0 Å². The van der Waals surface area contributed by atoms with Crippen molar-refractivity contribution in [2.24, 2.45) is 10.9 Å². The number of rotatable bonds is 10. The molecule has 0 bridgehead atoms. The summed E-state index contributed by atoms with van der Waals surface area (Å²) in [6, 6.07) is 9.31. The SMILES string of the molecule is CCCCC/C(O[Si](C)(C)C(C)(C)C)=C(\C(=O)OC)[C@H](C)[C@@]1(C)OC(c2ccccc2)=NC1=O. The highest BCUT2D eigenvalue weighted by Crippen LogP contribution is 2.42. The molecular formula is C27H41NO5Si. The molecule has 1 aliphatic rings. The van der Waals surface area contributed by atoms with Crippen LogP contribution in [0.25, 0.3) is 0 Å². The highest BCUT2D eigenvalue weighted by molar-refractivity contribution is 6.74. The molecule has 34 heavy (non-hydrogen) atoms. The van der Waals surface area contributed by atoms with Gasteiger partial charge in [0.15, 0.2) is 5.60 Å². The Kier molecular flexibility index (Phi) is 8.91. The first-order valence-corrected chi connectivity index (χ1v) is 15.1. The first-order chi connectivity index (χ1) is 15.8. The first kappa shape index (κ1) is 27.8. The molecule has 1 amide bonds. The molecule has 7 heteroatoms. The molecule has 0 N–H and O–H groups in total. The predicted octanol–water partition coefficient (Wildman–Crippen LogP) is 6.41. The molecule has 0 unspecified atom stereocenters. The largest absolute Gasteiger partial charge is 0.546 e. The van der Waals surface area contributed by atoms with E-state index in [9.17, 15) is 9.59 Å². The molecule has 0 spiro atoms. The number of carbonyl (C=O) groups is 2. The number of esters is 1. The molecule has 0 saturated carbocycles. The Morgan fingerprint density at radius 1 is 1.18 bits per heavy atom. The number of amides is 1. The van der Waals surface area contributed by atoms with Crippen molar-refractivity contribution >= 4 is 26.1 Å². The summed E-state index contributed by atoms with van der Waals surface area (Å²) in [6.45, 7) is 16.4. The number of carbonyl (C=O) groups excluding carboxylic acids is 2. The zero-order chi connectivity index (χ0) is 25.7. The first-order valence-electron chi connectivity index (χ1n) is 12.2. The summed E-state index contributed by atoms with van der Waals surface area (Å²) < 4.78 is 18.1. The molecule has 188 valence electrons. The maximum atomic E-state index is 13.2. The Morgan fingerprint density at radius 2 is 1.79 bits per heavy atom. The summed E-state index contributed by atoms with van der Waals surface area (Å²) in [4.78, 5) is 30.5. The van der Waals surface area contributed by atoms with Crippen LogP contribution in [0.5, 0.6) is 0 Å². The number of hydrogen-bond acceptors (Lipinski definition) is 5. The van der Waals surface area contributed by atoms with Crippen LogP contribution < -0.4 is 0 Å². The number of unbranched alkanes of at least 4 members (excludes halogenated alkanes) is 2. The minimum Gasteiger partial charge on any atom is -0.546 e. The topological polar surface area (TPSA) is 74.2 Å². The van der Waals surface area contributed by atoms with E-state index in [1.165, 1.54) is 7.11 Å². The van der Waals surface area contributed by atoms with Crippen LogP contribution in [0.1, 0.15) is 72.8 Å². The van der Waals surface area contributed by atoms with Gasteiger partial charge in [0.25, 0.3) is 5.91 Å². The number of methoxy groups -OCH3 is 1. The van der Waals surface area contributed by atoms with E-state index in [1.807, 2.05) is 37.3 Å².